The predicted molar refractivity (Wildman–Crippen MR) is 89.0 cm³/mol. The van der Waals surface area contributed by atoms with Gasteiger partial charge >= 0.3 is 5.97 Å². The van der Waals surface area contributed by atoms with E-state index in [1.807, 2.05) is 0 Å². The first kappa shape index (κ1) is 14.6. The largest absolute Gasteiger partial charge is 0.505 e. The number of carboxylic acids is 1. The van der Waals surface area contributed by atoms with Crippen LogP contribution in [0.2, 0.25) is 0 Å². The first-order chi connectivity index (χ1) is 11.5. The first-order valence-electron chi connectivity index (χ1n) is 7.88. The van der Waals surface area contributed by atoms with Crippen molar-refractivity contribution in [2.75, 3.05) is 5.32 Å². The second-order valence-electron chi connectivity index (χ2n) is 6.13. The molecule has 4 rings (SSSR count). The average molecular weight is 324 g/mol. The normalized spacial score (nSPS) is 17.5. The summed E-state index contributed by atoms with van der Waals surface area (Å²) in [4.78, 5) is 26.6. The Hall–Kier alpha value is -3.02. The number of aromatic amines is 1. The lowest BCUT2D eigenvalue weighted by atomic mass is 9.97. The molecule has 2 heterocycles. The number of fused-ring (bicyclic) bond motifs is 2. The molecule has 24 heavy (non-hydrogen) atoms. The van der Waals surface area contributed by atoms with E-state index in [1.165, 1.54) is 12.1 Å². The summed E-state index contributed by atoms with van der Waals surface area (Å²) in [5.74, 6) is -1.16. The third-order valence-electron chi connectivity index (χ3n) is 4.63. The molecular formula is C18H16N2O4. The van der Waals surface area contributed by atoms with E-state index in [9.17, 15) is 14.7 Å². The topological polar surface area (TPSA) is 102 Å². The Bertz CT molecular complexity index is 908. The SMILES string of the molecule is O=C1Nc2ccc(C(=O)O)cc2C1=Cc1[nH]c2c(c1O)CCCC2. The van der Waals surface area contributed by atoms with E-state index in [-0.39, 0.29) is 17.2 Å². The molecular weight excluding hydrogens is 308 g/mol. The third kappa shape index (κ3) is 2.19. The van der Waals surface area contributed by atoms with E-state index in [2.05, 4.69) is 10.3 Å². The second-order valence-corrected chi connectivity index (χ2v) is 6.13. The fourth-order valence-corrected chi connectivity index (χ4v) is 3.40. The van der Waals surface area contributed by atoms with Crippen LogP contribution < -0.4 is 5.32 Å². The van der Waals surface area contributed by atoms with Gasteiger partial charge in [-0.2, -0.15) is 0 Å². The molecule has 0 bridgehead atoms. The zero-order valence-corrected chi connectivity index (χ0v) is 12.8. The number of hydrogen-bond acceptors (Lipinski definition) is 3. The number of aromatic nitrogens is 1. The number of aryl methyl sites for hydroxylation is 1. The highest BCUT2D eigenvalue weighted by atomic mass is 16.4. The van der Waals surface area contributed by atoms with Crippen molar-refractivity contribution < 1.29 is 19.8 Å². The van der Waals surface area contributed by atoms with E-state index in [0.717, 1.165) is 36.9 Å². The Morgan fingerprint density at radius 1 is 1.21 bits per heavy atom. The molecule has 2 aromatic rings. The van der Waals surface area contributed by atoms with E-state index >= 15 is 0 Å². The average Bonchev–Trinajstić information content (AvgIpc) is 3.05. The molecule has 1 aliphatic carbocycles. The number of aromatic hydroxyl groups is 1. The molecule has 2 aliphatic rings. The van der Waals surface area contributed by atoms with Crippen LogP contribution >= 0.6 is 0 Å². The maximum atomic E-state index is 12.2. The smallest absolute Gasteiger partial charge is 0.335 e. The highest BCUT2D eigenvalue weighted by Gasteiger charge is 2.27. The number of aromatic carboxylic acids is 1. The Balaban J connectivity index is 1.82. The summed E-state index contributed by atoms with van der Waals surface area (Å²) >= 11 is 0. The maximum absolute atomic E-state index is 12.2. The van der Waals surface area contributed by atoms with Crippen molar-refractivity contribution in [3.05, 3.63) is 46.3 Å². The molecule has 0 unspecified atom stereocenters. The van der Waals surface area contributed by atoms with Gasteiger partial charge in [-0.1, -0.05) is 0 Å². The van der Waals surface area contributed by atoms with Gasteiger partial charge in [0.15, 0.2) is 0 Å². The van der Waals surface area contributed by atoms with Crippen LogP contribution in [0.3, 0.4) is 0 Å². The summed E-state index contributed by atoms with van der Waals surface area (Å²) < 4.78 is 0. The standard InChI is InChI=1S/C18H16N2O4/c21-16-10-3-1-2-4-13(10)19-15(16)8-12-11-7-9(18(23)24)5-6-14(11)20-17(12)22/h5-8,19,21H,1-4H2,(H,20,22)(H,23,24). The molecule has 4 N–H and O–H groups in total. The fraction of sp³-hybridized carbons (Fsp3) is 0.222. The molecule has 0 saturated heterocycles. The molecule has 6 nitrogen and oxygen atoms in total. The van der Waals surface area contributed by atoms with E-state index < -0.39 is 5.97 Å². The zero-order valence-electron chi connectivity index (χ0n) is 12.8. The van der Waals surface area contributed by atoms with Gasteiger partial charge in [0.2, 0.25) is 0 Å². The van der Waals surface area contributed by atoms with Gasteiger partial charge in [0.05, 0.1) is 16.8 Å². The van der Waals surface area contributed by atoms with Crippen molar-refractivity contribution in [2.45, 2.75) is 25.7 Å². The van der Waals surface area contributed by atoms with Crippen molar-refractivity contribution in [1.29, 1.82) is 0 Å². The summed E-state index contributed by atoms with van der Waals surface area (Å²) in [5.41, 5.74) is 4.02. The van der Waals surface area contributed by atoms with Crippen LogP contribution in [0, 0.1) is 0 Å². The third-order valence-corrected chi connectivity index (χ3v) is 4.63. The van der Waals surface area contributed by atoms with Crippen LogP contribution in [0.25, 0.3) is 11.6 Å². The van der Waals surface area contributed by atoms with Crippen LogP contribution in [0.4, 0.5) is 5.69 Å². The summed E-state index contributed by atoms with van der Waals surface area (Å²) in [6, 6.07) is 4.51. The molecule has 0 fully saturated rings. The monoisotopic (exact) mass is 324 g/mol. The first-order valence-corrected chi connectivity index (χ1v) is 7.88. The molecule has 0 saturated carbocycles. The van der Waals surface area contributed by atoms with Crippen molar-refractivity contribution in [3.63, 3.8) is 0 Å². The molecule has 1 amide bonds. The molecule has 0 radical (unpaired) electrons. The van der Waals surface area contributed by atoms with Gasteiger partial charge in [-0.3, -0.25) is 4.79 Å². The Morgan fingerprint density at radius 2 is 2.00 bits per heavy atom. The van der Waals surface area contributed by atoms with E-state index in [4.69, 9.17) is 5.11 Å². The van der Waals surface area contributed by atoms with Crippen molar-refractivity contribution >= 4 is 29.2 Å². The Kier molecular flexibility index (Phi) is 3.19. The quantitative estimate of drug-likeness (QED) is 0.638. The number of carboxylic acid groups (broad SMARTS) is 1. The summed E-state index contributed by atoms with van der Waals surface area (Å²) in [7, 11) is 0. The van der Waals surface area contributed by atoms with Crippen LogP contribution in [0.5, 0.6) is 5.75 Å². The molecule has 6 heteroatoms. The molecule has 122 valence electrons. The van der Waals surface area contributed by atoms with Gasteiger partial charge < -0.3 is 20.5 Å². The number of amides is 1. The minimum atomic E-state index is -1.05. The van der Waals surface area contributed by atoms with Crippen LogP contribution in [0.15, 0.2) is 18.2 Å². The van der Waals surface area contributed by atoms with E-state index in [0.29, 0.717) is 22.5 Å². The van der Waals surface area contributed by atoms with Gasteiger partial charge in [0, 0.05) is 22.5 Å². The zero-order chi connectivity index (χ0) is 16.8. The van der Waals surface area contributed by atoms with Crippen molar-refractivity contribution in [3.8, 4) is 5.75 Å². The van der Waals surface area contributed by atoms with Gasteiger partial charge in [0.1, 0.15) is 5.75 Å². The number of carbonyl (C=O) groups excluding carboxylic acids is 1. The van der Waals surface area contributed by atoms with Gasteiger partial charge in [-0.05, 0) is 50.0 Å². The summed E-state index contributed by atoms with van der Waals surface area (Å²) in [6.45, 7) is 0. The molecule has 0 atom stereocenters. The second kappa shape index (κ2) is 5.26. The molecule has 1 aromatic carbocycles. The van der Waals surface area contributed by atoms with Crippen LogP contribution in [-0.2, 0) is 17.6 Å². The van der Waals surface area contributed by atoms with Crippen LogP contribution in [0.1, 0.15) is 45.7 Å². The lowest BCUT2D eigenvalue weighted by Crippen LogP contribution is -2.03. The summed E-state index contributed by atoms with van der Waals surface area (Å²) in [5, 5.41) is 22.3. The number of H-pyrrole nitrogens is 1. The lowest BCUT2D eigenvalue weighted by Gasteiger charge is -2.09. The number of nitrogens with one attached hydrogen (secondary N) is 2. The minimum Gasteiger partial charge on any atom is -0.505 e. The Morgan fingerprint density at radius 3 is 2.75 bits per heavy atom. The predicted octanol–water partition coefficient (Wildman–Crippen LogP) is 2.79. The van der Waals surface area contributed by atoms with Gasteiger partial charge in [-0.25, -0.2) is 4.79 Å². The summed E-state index contributed by atoms with van der Waals surface area (Å²) in [6.07, 6.45) is 5.43. The number of rotatable bonds is 2. The molecule has 1 aliphatic heterocycles. The number of benzene rings is 1. The van der Waals surface area contributed by atoms with Crippen molar-refractivity contribution in [1.82, 2.24) is 4.98 Å². The molecule has 0 spiro atoms. The minimum absolute atomic E-state index is 0.117. The fourth-order valence-electron chi connectivity index (χ4n) is 3.40. The molecule has 1 aromatic heterocycles. The van der Waals surface area contributed by atoms with Crippen molar-refractivity contribution in [2.24, 2.45) is 0 Å². The maximum Gasteiger partial charge on any atom is 0.335 e. The lowest BCUT2D eigenvalue weighted by molar-refractivity contribution is -0.110. The Labute approximate surface area is 137 Å². The van der Waals surface area contributed by atoms with Gasteiger partial charge in [0.25, 0.3) is 5.91 Å². The number of anilines is 1. The van der Waals surface area contributed by atoms with E-state index in [1.54, 1.807) is 12.1 Å². The number of hydrogen-bond donors (Lipinski definition) is 4. The van der Waals surface area contributed by atoms with Gasteiger partial charge in [-0.15, -0.1) is 0 Å². The highest BCUT2D eigenvalue weighted by molar-refractivity contribution is 6.35. The highest BCUT2D eigenvalue weighted by Crippen LogP contribution is 2.37. The van der Waals surface area contributed by atoms with Crippen LogP contribution in [-0.4, -0.2) is 27.1 Å². The number of carbonyl (C=O) groups is 2.